The molecule has 2 N–H and O–H groups in total. The van der Waals surface area contributed by atoms with E-state index in [9.17, 15) is 4.79 Å². The molecule has 1 aromatic rings. The van der Waals surface area contributed by atoms with Crippen molar-refractivity contribution in [3.8, 4) is 0 Å². The van der Waals surface area contributed by atoms with Gasteiger partial charge in [-0.05, 0) is 24.6 Å². The second-order valence-electron chi connectivity index (χ2n) is 6.30. The van der Waals surface area contributed by atoms with Crippen molar-refractivity contribution in [2.75, 3.05) is 51.4 Å². The summed E-state index contributed by atoms with van der Waals surface area (Å²) in [6.07, 6.45) is 1.03. The van der Waals surface area contributed by atoms with E-state index in [0.29, 0.717) is 28.2 Å². The van der Waals surface area contributed by atoms with Crippen LogP contribution in [-0.2, 0) is 9.47 Å². The van der Waals surface area contributed by atoms with E-state index in [1.807, 2.05) is 0 Å². The number of nitrogens with zero attached hydrogens (tertiary/aromatic N) is 1. The molecule has 3 rings (SSSR count). The molecule has 1 aromatic carbocycles. The summed E-state index contributed by atoms with van der Waals surface area (Å²) in [6, 6.07) is 5.01. The van der Waals surface area contributed by atoms with Crippen LogP contribution >= 0.6 is 23.2 Å². The van der Waals surface area contributed by atoms with Gasteiger partial charge in [-0.25, -0.2) is 4.79 Å². The monoisotopic (exact) mass is 387 g/mol. The maximum absolute atomic E-state index is 12.2. The Morgan fingerprint density at radius 3 is 2.68 bits per heavy atom. The highest BCUT2D eigenvalue weighted by Crippen LogP contribution is 2.25. The zero-order chi connectivity index (χ0) is 17.6. The lowest BCUT2D eigenvalue weighted by atomic mass is 9.97. The molecular weight excluding hydrogens is 365 g/mol. The van der Waals surface area contributed by atoms with E-state index in [1.165, 1.54) is 0 Å². The normalized spacial score (nSPS) is 22.6. The predicted octanol–water partition coefficient (Wildman–Crippen LogP) is 2.85. The summed E-state index contributed by atoms with van der Waals surface area (Å²) in [7, 11) is 0. The van der Waals surface area contributed by atoms with Gasteiger partial charge in [0.25, 0.3) is 0 Å². The van der Waals surface area contributed by atoms with E-state index in [1.54, 1.807) is 18.2 Å². The lowest BCUT2D eigenvalue weighted by molar-refractivity contribution is 0.00222. The topological polar surface area (TPSA) is 62.8 Å². The molecule has 0 aromatic heterocycles. The summed E-state index contributed by atoms with van der Waals surface area (Å²) >= 11 is 11.9. The Morgan fingerprint density at radius 1 is 1.20 bits per heavy atom. The summed E-state index contributed by atoms with van der Waals surface area (Å²) in [5, 5.41) is 6.64. The van der Waals surface area contributed by atoms with Crippen LogP contribution in [0.25, 0.3) is 0 Å². The fraction of sp³-hybridized carbons (Fsp3) is 0.588. The summed E-state index contributed by atoms with van der Waals surface area (Å²) in [5.41, 5.74) is 0.610. The molecule has 0 saturated carbocycles. The molecule has 2 amide bonds. The van der Waals surface area contributed by atoms with Gasteiger partial charge in [0.1, 0.15) is 0 Å². The number of rotatable bonds is 5. The van der Waals surface area contributed by atoms with Crippen molar-refractivity contribution in [2.24, 2.45) is 5.92 Å². The van der Waals surface area contributed by atoms with Crippen LogP contribution in [0.4, 0.5) is 10.5 Å². The third-order valence-electron chi connectivity index (χ3n) is 4.67. The summed E-state index contributed by atoms with van der Waals surface area (Å²) in [4.78, 5) is 14.6. The lowest BCUT2D eigenvalue weighted by Crippen LogP contribution is -2.52. The van der Waals surface area contributed by atoms with E-state index in [-0.39, 0.29) is 12.1 Å². The minimum atomic E-state index is -0.254. The van der Waals surface area contributed by atoms with E-state index in [4.69, 9.17) is 32.7 Å². The van der Waals surface area contributed by atoms with Crippen molar-refractivity contribution in [3.63, 3.8) is 0 Å². The van der Waals surface area contributed by atoms with E-state index in [0.717, 1.165) is 45.9 Å². The van der Waals surface area contributed by atoms with Gasteiger partial charge >= 0.3 is 6.03 Å². The molecule has 0 bridgehead atoms. The number of benzene rings is 1. The first-order valence-corrected chi connectivity index (χ1v) is 9.28. The van der Waals surface area contributed by atoms with Gasteiger partial charge < -0.3 is 20.1 Å². The number of morpholine rings is 1. The molecule has 0 radical (unpaired) electrons. The first-order chi connectivity index (χ1) is 12.1. The van der Waals surface area contributed by atoms with Crippen molar-refractivity contribution in [1.82, 2.24) is 10.2 Å². The van der Waals surface area contributed by atoms with Gasteiger partial charge in [0.05, 0.1) is 29.9 Å². The molecule has 0 aliphatic carbocycles. The largest absolute Gasteiger partial charge is 0.381 e. The van der Waals surface area contributed by atoms with Gasteiger partial charge in [0.15, 0.2) is 0 Å². The first kappa shape index (κ1) is 18.7. The zero-order valence-electron chi connectivity index (χ0n) is 14.0. The SMILES string of the molecule is O=C(NC[C@H]([C@H]1CCOC1)N1CCOCC1)Nc1ccc(Cl)c(Cl)c1. The quantitative estimate of drug-likeness (QED) is 0.815. The van der Waals surface area contributed by atoms with Crippen molar-refractivity contribution < 1.29 is 14.3 Å². The number of amides is 2. The average Bonchev–Trinajstić information content (AvgIpc) is 3.14. The van der Waals surface area contributed by atoms with Gasteiger partial charge in [0.2, 0.25) is 0 Å². The lowest BCUT2D eigenvalue weighted by Gasteiger charge is -2.37. The molecule has 0 unspecified atom stereocenters. The predicted molar refractivity (Wildman–Crippen MR) is 98.6 cm³/mol. The molecule has 2 aliphatic heterocycles. The van der Waals surface area contributed by atoms with E-state index >= 15 is 0 Å². The van der Waals surface area contributed by atoms with Gasteiger partial charge in [-0.2, -0.15) is 0 Å². The minimum absolute atomic E-state index is 0.254. The van der Waals surface area contributed by atoms with Crippen LogP contribution in [0, 0.1) is 5.92 Å². The summed E-state index contributed by atoms with van der Waals surface area (Å²) in [6.45, 7) is 5.36. The Morgan fingerprint density at radius 2 is 2.00 bits per heavy atom. The fourth-order valence-corrected chi connectivity index (χ4v) is 3.60. The van der Waals surface area contributed by atoms with Crippen molar-refractivity contribution in [3.05, 3.63) is 28.2 Å². The van der Waals surface area contributed by atoms with Gasteiger partial charge in [-0.15, -0.1) is 0 Å². The molecule has 2 heterocycles. The van der Waals surface area contributed by atoms with Crippen LogP contribution in [0.15, 0.2) is 18.2 Å². The van der Waals surface area contributed by atoms with Crippen LogP contribution in [0.2, 0.25) is 10.0 Å². The third kappa shape index (κ3) is 5.21. The Kier molecular flexibility index (Phi) is 6.78. The molecule has 2 aliphatic rings. The van der Waals surface area contributed by atoms with Crippen molar-refractivity contribution in [1.29, 1.82) is 0 Å². The number of halogens is 2. The number of anilines is 1. The molecular formula is C17H23Cl2N3O3. The Balaban J connectivity index is 1.55. The maximum atomic E-state index is 12.2. The molecule has 8 heteroatoms. The molecule has 2 fully saturated rings. The number of carbonyl (C=O) groups is 1. The zero-order valence-corrected chi connectivity index (χ0v) is 15.5. The van der Waals surface area contributed by atoms with Crippen LogP contribution < -0.4 is 10.6 Å². The van der Waals surface area contributed by atoms with Crippen molar-refractivity contribution in [2.45, 2.75) is 12.5 Å². The fourth-order valence-electron chi connectivity index (χ4n) is 3.31. The molecule has 138 valence electrons. The number of urea groups is 1. The highest BCUT2D eigenvalue weighted by molar-refractivity contribution is 6.42. The second kappa shape index (κ2) is 9.05. The number of carbonyl (C=O) groups excluding carboxylic acids is 1. The molecule has 6 nitrogen and oxygen atoms in total. The Bertz CT molecular complexity index is 591. The van der Waals surface area contributed by atoms with Gasteiger partial charge in [-0.1, -0.05) is 23.2 Å². The van der Waals surface area contributed by atoms with Gasteiger partial charge in [0, 0.05) is 43.9 Å². The van der Waals surface area contributed by atoms with Crippen LogP contribution in [0.1, 0.15) is 6.42 Å². The van der Waals surface area contributed by atoms with Crippen LogP contribution in [0.5, 0.6) is 0 Å². The smallest absolute Gasteiger partial charge is 0.319 e. The maximum Gasteiger partial charge on any atom is 0.319 e. The first-order valence-electron chi connectivity index (χ1n) is 8.53. The highest BCUT2D eigenvalue weighted by Gasteiger charge is 2.31. The molecule has 0 spiro atoms. The summed E-state index contributed by atoms with van der Waals surface area (Å²) in [5.74, 6) is 0.434. The minimum Gasteiger partial charge on any atom is -0.381 e. The Labute approximate surface area is 157 Å². The molecule has 2 saturated heterocycles. The average molecular weight is 388 g/mol. The molecule has 2 atom stereocenters. The van der Waals surface area contributed by atoms with E-state index in [2.05, 4.69) is 15.5 Å². The second-order valence-corrected chi connectivity index (χ2v) is 7.12. The number of ether oxygens (including phenoxy) is 2. The Hall–Kier alpha value is -1.05. The highest BCUT2D eigenvalue weighted by atomic mass is 35.5. The number of hydrogen-bond donors (Lipinski definition) is 2. The number of hydrogen-bond acceptors (Lipinski definition) is 4. The molecule has 25 heavy (non-hydrogen) atoms. The van der Waals surface area contributed by atoms with Gasteiger partial charge in [-0.3, -0.25) is 4.90 Å². The summed E-state index contributed by atoms with van der Waals surface area (Å²) < 4.78 is 11.0. The van der Waals surface area contributed by atoms with E-state index < -0.39 is 0 Å². The number of nitrogens with one attached hydrogen (secondary N) is 2. The van der Waals surface area contributed by atoms with Crippen molar-refractivity contribution >= 4 is 34.9 Å². The van der Waals surface area contributed by atoms with Crippen LogP contribution in [0.3, 0.4) is 0 Å². The third-order valence-corrected chi connectivity index (χ3v) is 5.41. The standard InChI is InChI=1S/C17H23Cl2N3O3/c18-14-2-1-13(9-15(14)19)21-17(23)20-10-16(12-3-6-25-11-12)22-4-7-24-8-5-22/h1-2,9,12,16H,3-8,10-11H2,(H2,20,21,23)/t12-,16+/m0/s1. The van der Waals surface area contributed by atoms with Crippen LogP contribution in [-0.4, -0.2) is 63.0 Å².